The summed E-state index contributed by atoms with van der Waals surface area (Å²) in [6.45, 7) is 7.38. The number of nitrogens with one attached hydrogen (secondary N) is 1. The van der Waals surface area contributed by atoms with Crippen LogP contribution in [-0.2, 0) is 16.1 Å². The fourth-order valence-electron chi connectivity index (χ4n) is 5.22. The van der Waals surface area contributed by atoms with Crippen LogP contribution < -0.4 is 15.0 Å². The Balaban J connectivity index is 1.43. The Hall–Kier alpha value is -5.13. The van der Waals surface area contributed by atoms with Crippen molar-refractivity contribution in [2.45, 2.75) is 64.8 Å². The maximum atomic E-state index is 13.7. The van der Waals surface area contributed by atoms with Gasteiger partial charge in [0.1, 0.15) is 36.7 Å². The monoisotopic (exact) mass is 723 g/mol. The molecule has 262 valence electrons. The minimum atomic E-state index is -1.16. The predicted octanol–water partition coefficient (Wildman–Crippen LogP) is 7.74. The number of hydrogen-bond acceptors (Lipinski definition) is 9. The number of thiophene rings is 1. The van der Waals surface area contributed by atoms with Gasteiger partial charge >= 0.3 is 18.3 Å². The molecule has 1 aliphatic heterocycles. The zero-order chi connectivity index (χ0) is 36.0. The molecule has 0 spiro atoms. The van der Waals surface area contributed by atoms with Crippen LogP contribution in [0.1, 0.15) is 51.0 Å². The van der Waals surface area contributed by atoms with Gasteiger partial charge in [0.05, 0.1) is 37.9 Å². The van der Waals surface area contributed by atoms with Gasteiger partial charge in [0.15, 0.2) is 5.82 Å². The summed E-state index contributed by atoms with van der Waals surface area (Å²) in [7, 11) is 0. The first-order valence-corrected chi connectivity index (χ1v) is 16.9. The normalized spacial score (nSPS) is 15.6. The lowest BCUT2D eigenvalue weighted by Crippen LogP contribution is -2.42. The number of carbonyl (C=O) groups is 3. The van der Waals surface area contributed by atoms with Crippen molar-refractivity contribution in [1.82, 2.24) is 20.2 Å². The Morgan fingerprint density at radius 2 is 1.96 bits per heavy atom. The molecule has 4 aromatic rings. The van der Waals surface area contributed by atoms with Gasteiger partial charge in [-0.05, 0) is 82.5 Å². The van der Waals surface area contributed by atoms with Crippen molar-refractivity contribution in [2.75, 3.05) is 18.1 Å². The molecule has 0 saturated carbocycles. The second-order valence-corrected chi connectivity index (χ2v) is 13.7. The zero-order valence-electron chi connectivity index (χ0n) is 27.7. The topological polar surface area (TPSA) is 143 Å². The van der Waals surface area contributed by atoms with Crippen molar-refractivity contribution in [3.63, 3.8) is 0 Å². The number of benzene rings is 2. The first kappa shape index (κ1) is 36.2. The van der Waals surface area contributed by atoms with Gasteiger partial charge in [-0.2, -0.15) is 0 Å². The van der Waals surface area contributed by atoms with E-state index >= 15 is 0 Å². The summed E-state index contributed by atoms with van der Waals surface area (Å²) >= 11 is 7.85. The maximum Gasteiger partial charge on any atom is 0.420 e. The van der Waals surface area contributed by atoms with Gasteiger partial charge in [0.2, 0.25) is 0 Å². The average Bonchev–Trinajstić information content (AvgIpc) is 3.66. The summed E-state index contributed by atoms with van der Waals surface area (Å²) in [5, 5.41) is 12.6. The van der Waals surface area contributed by atoms with Crippen molar-refractivity contribution in [3.8, 4) is 17.6 Å². The van der Waals surface area contributed by atoms with Gasteiger partial charge in [-0.3, -0.25) is 4.90 Å². The molecule has 3 heterocycles. The Morgan fingerprint density at radius 3 is 2.66 bits per heavy atom. The summed E-state index contributed by atoms with van der Waals surface area (Å²) in [4.78, 5) is 49.5. The Labute approximate surface area is 297 Å². The average molecular weight is 724 g/mol. The van der Waals surface area contributed by atoms with Crippen molar-refractivity contribution in [1.29, 1.82) is 0 Å². The number of fused-ring (bicyclic) bond motifs is 1. The summed E-state index contributed by atoms with van der Waals surface area (Å²) in [6.07, 6.45) is -0.218. The maximum absolute atomic E-state index is 13.7. The number of carbonyl (C=O) groups excluding carboxylic acids is 2. The van der Waals surface area contributed by atoms with Crippen molar-refractivity contribution >= 4 is 62.9 Å². The number of alkyl carbamates (subject to hydrolysis) is 1. The molecule has 1 saturated heterocycles. The van der Waals surface area contributed by atoms with Gasteiger partial charge in [-0.1, -0.05) is 35.6 Å². The highest BCUT2D eigenvalue weighted by molar-refractivity contribution is 7.20. The Kier molecular flexibility index (Phi) is 11.3. The molecule has 3 amide bonds. The molecule has 0 radical (unpaired) electrons. The molecule has 2 atom stereocenters. The number of amides is 3. The minimum absolute atomic E-state index is 0.0772. The van der Waals surface area contributed by atoms with Crippen molar-refractivity contribution in [3.05, 3.63) is 76.1 Å². The quantitative estimate of drug-likeness (QED) is 0.175. The second-order valence-electron chi connectivity index (χ2n) is 12.2. The molecule has 5 rings (SSSR count). The molecule has 1 fully saturated rings. The summed E-state index contributed by atoms with van der Waals surface area (Å²) in [6, 6.07) is 11.4. The largest absolute Gasteiger partial charge is 0.487 e. The lowest BCUT2D eigenvalue weighted by atomic mass is 10.2. The van der Waals surface area contributed by atoms with Gasteiger partial charge < -0.3 is 24.6 Å². The van der Waals surface area contributed by atoms with Crippen LogP contribution in [0.25, 0.3) is 10.2 Å². The molecule has 12 nitrogen and oxygen atoms in total. The van der Waals surface area contributed by atoms with E-state index in [1.165, 1.54) is 39.6 Å². The Bertz CT molecular complexity index is 1960. The highest BCUT2D eigenvalue weighted by Crippen LogP contribution is 2.38. The highest BCUT2D eigenvalue weighted by atomic mass is 35.5. The van der Waals surface area contributed by atoms with Crippen LogP contribution in [0.4, 0.5) is 30.3 Å². The number of anilines is 2. The van der Waals surface area contributed by atoms with Crippen molar-refractivity contribution in [2.24, 2.45) is 0 Å². The van der Waals surface area contributed by atoms with E-state index in [1.54, 1.807) is 64.1 Å². The third kappa shape index (κ3) is 8.90. The standard InChI is InChI=1S/C35H35ClFN5O7S/c1-5-38-32(43)48-19-25-10-9-23(41(25)33(44)45)11-13-26-17-28-30(50-26)31(40-20-39-28)42(34(46)49-35(2,3)4)24-12-14-29(27(36)16-24)47-18-21-7-6-8-22(37)15-21/h6-8,12,14-17,20,23,25H,5,9-10,18-19H2,1-4H3,(H,38,43)(H,44,45)/t23-,25-/m1/s1. The van der Waals surface area contributed by atoms with E-state index in [9.17, 15) is 23.9 Å². The Morgan fingerprint density at radius 1 is 1.16 bits per heavy atom. The van der Waals surface area contributed by atoms with Gasteiger partial charge in [-0.15, -0.1) is 11.3 Å². The number of hydrogen-bond donors (Lipinski definition) is 2. The number of nitrogens with zero attached hydrogens (tertiary/aromatic N) is 4. The van der Waals surface area contributed by atoms with Gasteiger partial charge in [-0.25, -0.2) is 33.6 Å². The van der Waals surface area contributed by atoms with E-state index in [-0.39, 0.29) is 29.9 Å². The number of ether oxygens (including phenoxy) is 3. The van der Waals surface area contributed by atoms with Crippen LogP contribution >= 0.6 is 22.9 Å². The molecule has 50 heavy (non-hydrogen) atoms. The van der Waals surface area contributed by atoms with Crippen LogP contribution in [0.5, 0.6) is 5.75 Å². The zero-order valence-corrected chi connectivity index (χ0v) is 29.3. The molecule has 0 unspecified atom stereocenters. The molecule has 2 aromatic heterocycles. The molecule has 2 aromatic carbocycles. The van der Waals surface area contributed by atoms with E-state index in [4.69, 9.17) is 25.8 Å². The predicted molar refractivity (Wildman–Crippen MR) is 187 cm³/mol. The van der Waals surface area contributed by atoms with Crippen molar-refractivity contribution < 1.29 is 38.1 Å². The molecular weight excluding hydrogens is 689 g/mol. The summed E-state index contributed by atoms with van der Waals surface area (Å²) < 4.78 is 30.9. The second kappa shape index (κ2) is 15.6. The number of aromatic nitrogens is 2. The smallest absolute Gasteiger partial charge is 0.420 e. The third-order valence-corrected chi connectivity index (χ3v) is 8.68. The van der Waals surface area contributed by atoms with Crippen LogP contribution in [-0.4, -0.2) is 69.1 Å². The minimum Gasteiger partial charge on any atom is -0.487 e. The lowest BCUT2D eigenvalue weighted by Gasteiger charge is -2.27. The van der Waals surface area contributed by atoms with Crippen LogP contribution in [0.3, 0.4) is 0 Å². The molecule has 2 N–H and O–H groups in total. The SMILES string of the molecule is CCNC(=O)OC[C@H]1CC[C@H](C#Cc2cc3ncnc(N(C(=O)OC(C)(C)C)c4ccc(OCc5cccc(F)c5)c(Cl)c4)c3s2)N1C(=O)O. The van der Waals surface area contributed by atoms with Crippen LogP contribution in [0, 0.1) is 17.7 Å². The summed E-state index contributed by atoms with van der Waals surface area (Å²) in [5.41, 5.74) is 0.626. The van der Waals surface area contributed by atoms with E-state index in [0.29, 0.717) is 51.5 Å². The fourth-order valence-corrected chi connectivity index (χ4v) is 6.40. The number of rotatable bonds is 8. The van der Waals surface area contributed by atoms with E-state index in [1.807, 2.05) is 0 Å². The summed E-state index contributed by atoms with van der Waals surface area (Å²) in [5.74, 6) is 6.29. The highest BCUT2D eigenvalue weighted by Gasteiger charge is 2.37. The first-order valence-electron chi connectivity index (χ1n) is 15.7. The van der Waals surface area contributed by atoms with Gasteiger partial charge in [0.25, 0.3) is 0 Å². The molecular formula is C35H35ClFN5O7S. The number of likely N-dealkylation sites (tertiary alicyclic amines) is 1. The third-order valence-electron chi connectivity index (χ3n) is 7.35. The molecule has 0 aliphatic carbocycles. The van der Waals surface area contributed by atoms with E-state index < -0.39 is 36.0 Å². The van der Waals surface area contributed by atoms with Crippen LogP contribution in [0.2, 0.25) is 5.02 Å². The molecule has 15 heteroatoms. The number of carboxylic acid groups (broad SMARTS) is 1. The molecule has 0 bridgehead atoms. The lowest BCUT2D eigenvalue weighted by molar-refractivity contribution is 0.0598. The van der Waals surface area contributed by atoms with E-state index in [0.717, 1.165) is 0 Å². The fraction of sp³-hybridized carbons (Fsp3) is 0.343. The van der Waals surface area contributed by atoms with E-state index in [2.05, 4.69) is 27.1 Å². The van der Waals surface area contributed by atoms with Crippen LogP contribution in [0.15, 0.2) is 54.9 Å². The van der Waals surface area contributed by atoms with Gasteiger partial charge in [0, 0.05) is 6.54 Å². The first-order chi connectivity index (χ1) is 23.8. The number of halogens is 2. The molecule has 1 aliphatic rings.